The Hall–Kier alpha value is -2.35. The molecule has 4 fully saturated rings. The number of aromatic nitrogens is 4. The second-order valence-corrected chi connectivity index (χ2v) is 12.0. The van der Waals surface area contributed by atoms with Crippen molar-refractivity contribution in [1.82, 2.24) is 24.0 Å². The van der Waals surface area contributed by atoms with Gasteiger partial charge >= 0.3 is 5.69 Å². The molecule has 3 aromatic rings. The van der Waals surface area contributed by atoms with Gasteiger partial charge in [-0.05, 0) is 79.5 Å². The zero-order valence-corrected chi connectivity index (χ0v) is 22.1. The summed E-state index contributed by atoms with van der Waals surface area (Å²) in [4.78, 5) is 30.5. The van der Waals surface area contributed by atoms with Crippen molar-refractivity contribution >= 4 is 39.9 Å². The largest absolute Gasteiger partial charge is 0.332 e. The molecule has 2 aromatic heterocycles. The van der Waals surface area contributed by atoms with Crippen LogP contribution in [0, 0.1) is 17.8 Å². The fourth-order valence-electron chi connectivity index (χ4n) is 7.36. The molecule has 4 saturated carbocycles. The molecule has 0 atom stereocenters. The Kier molecular flexibility index (Phi) is 5.93. The molecule has 7 nitrogen and oxygen atoms in total. The molecule has 0 saturated heterocycles. The summed E-state index contributed by atoms with van der Waals surface area (Å²) in [5.41, 5.74) is 2.20. The SMILES string of the molecule is Cn1cnc2c1c(=O)n(C/C=C(/CNC13CC4CC(CC(C4)C1)C3)c1ccc(Cl)c(Cl)c1)c(=O)n2C. The number of rotatable bonds is 6. The van der Waals surface area contributed by atoms with Crippen molar-refractivity contribution in [1.29, 1.82) is 0 Å². The first-order valence-corrected chi connectivity index (χ1v) is 13.5. The van der Waals surface area contributed by atoms with Gasteiger partial charge < -0.3 is 9.88 Å². The first-order valence-electron chi connectivity index (χ1n) is 12.7. The van der Waals surface area contributed by atoms with E-state index in [0.29, 0.717) is 27.8 Å². The second kappa shape index (κ2) is 8.89. The molecule has 0 aliphatic heterocycles. The second-order valence-electron chi connectivity index (χ2n) is 11.2. The van der Waals surface area contributed by atoms with Crippen molar-refractivity contribution in [2.45, 2.75) is 50.6 Å². The molecule has 7 rings (SSSR count). The number of fused-ring (bicyclic) bond motifs is 1. The molecule has 4 aliphatic carbocycles. The van der Waals surface area contributed by atoms with E-state index in [1.54, 1.807) is 31.1 Å². The van der Waals surface area contributed by atoms with Crippen LogP contribution in [0.4, 0.5) is 0 Å². The monoisotopic (exact) mass is 527 g/mol. The van der Waals surface area contributed by atoms with Crippen LogP contribution < -0.4 is 16.6 Å². The summed E-state index contributed by atoms with van der Waals surface area (Å²) >= 11 is 12.6. The smallest absolute Gasteiger partial charge is 0.328 e. The minimum atomic E-state index is -0.384. The van der Waals surface area contributed by atoms with Crippen molar-refractivity contribution in [3.8, 4) is 0 Å². The summed E-state index contributed by atoms with van der Waals surface area (Å²) in [6.45, 7) is 0.803. The van der Waals surface area contributed by atoms with Crippen LogP contribution in [0.25, 0.3) is 16.7 Å². The number of nitrogens with zero attached hydrogens (tertiary/aromatic N) is 4. The van der Waals surface area contributed by atoms with Crippen LogP contribution in [-0.4, -0.2) is 30.8 Å². The highest BCUT2D eigenvalue weighted by Gasteiger charge is 2.50. The third-order valence-electron chi connectivity index (χ3n) is 8.70. The van der Waals surface area contributed by atoms with Crippen molar-refractivity contribution in [2.24, 2.45) is 31.8 Å². The van der Waals surface area contributed by atoms with Crippen LogP contribution in [0.3, 0.4) is 0 Å². The first kappa shape index (κ1) is 24.0. The minimum Gasteiger partial charge on any atom is -0.328 e. The summed E-state index contributed by atoms with van der Waals surface area (Å²) in [5.74, 6) is 2.52. The van der Waals surface area contributed by atoms with Gasteiger partial charge in [-0.1, -0.05) is 35.3 Å². The van der Waals surface area contributed by atoms with Crippen molar-refractivity contribution in [2.75, 3.05) is 6.54 Å². The van der Waals surface area contributed by atoms with Gasteiger partial charge in [0, 0.05) is 32.7 Å². The van der Waals surface area contributed by atoms with E-state index in [2.05, 4.69) is 10.3 Å². The van der Waals surface area contributed by atoms with Gasteiger partial charge in [0.1, 0.15) is 0 Å². The normalized spacial score (nSPS) is 27.3. The minimum absolute atomic E-state index is 0.158. The fraction of sp³-hybridized carbons (Fsp3) is 0.519. The number of nitrogens with one attached hydrogen (secondary N) is 1. The summed E-state index contributed by atoms with van der Waals surface area (Å²) in [7, 11) is 3.41. The zero-order valence-electron chi connectivity index (χ0n) is 20.6. The number of hydrogen-bond donors (Lipinski definition) is 1. The van der Waals surface area contributed by atoms with E-state index in [1.165, 1.54) is 47.7 Å². The van der Waals surface area contributed by atoms with Gasteiger partial charge in [-0.15, -0.1) is 0 Å². The molecule has 0 amide bonds. The number of halogens is 2. The molecular weight excluding hydrogens is 497 g/mol. The van der Waals surface area contributed by atoms with Crippen molar-refractivity contribution < 1.29 is 0 Å². The lowest BCUT2D eigenvalue weighted by Gasteiger charge is -2.57. The van der Waals surface area contributed by atoms with Crippen LogP contribution in [0.15, 0.2) is 40.2 Å². The van der Waals surface area contributed by atoms with Crippen LogP contribution >= 0.6 is 23.2 Å². The van der Waals surface area contributed by atoms with Crippen LogP contribution in [0.2, 0.25) is 10.0 Å². The number of imidazole rings is 1. The summed E-state index contributed by atoms with van der Waals surface area (Å²) in [5, 5.41) is 4.93. The number of hydrogen-bond acceptors (Lipinski definition) is 4. The average Bonchev–Trinajstić information content (AvgIpc) is 3.22. The predicted molar refractivity (Wildman–Crippen MR) is 144 cm³/mol. The van der Waals surface area contributed by atoms with Gasteiger partial charge in [-0.25, -0.2) is 9.78 Å². The average molecular weight is 528 g/mol. The number of aryl methyl sites for hydroxylation is 2. The summed E-state index contributed by atoms with van der Waals surface area (Å²) < 4.78 is 4.36. The Morgan fingerprint density at radius 1 is 1.08 bits per heavy atom. The Morgan fingerprint density at radius 3 is 2.39 bits per heavy atom. The van der Waals surface area contributed by atoms with Gasteiger partial charge in [0.2, 0.25) is 0 Å². The number of allylic oxidation sites excluding steroid dienone is 1. The molecular formula is C27H31Cl2N5O2. The Balaban J connectivity index is 1.35. The standard InChI is InChI=1S/C27H31Cl2N5O2/c1-32-15-30-24-23(32)25(35)34(26(36)33(24)2)6-5-20(19-3-4-21(28)22(29)10-19)14-31-27-11-16-7-17(12-27)9-18(8-16)13-27/h3-5,10,15-18,31H,6-9,11-14H2,1-2H3/b20-5-. The Bertz CT molecular complexity index is 1460. The maximum Gasteiger partial charge on any atom is 0.332 e. The lowest BCUT2D eigenvalue weighted by Crippen LogP contribution is -2.58. The molecule has 4 aliphatic rings. The van der Waals surface area contributed by atoms with E-state index in [-0.39, 0.29) is 23.3 Å². The molecule has 0 unspecified atom stereocenters. The molecule has 4 bridgehead atoms. The Morgan fingerprint density at radius 2 is 1.75 bits per heavy atom. The van der Waals surface area contributed by atoms with E-state index in [9.17, 15) is 9.59 Å². The summed E-state index contributed by atoms with van der Waals surface area (Å²) in [6, 6.07) is 5.61. The molecule has 0 spiro atoms. The molecule has 0 radical (unpaired) electrons. The Labute approximate surface area is 219 Å². The van der Waals surface area contributed by atoms with E-state index in [4.69, 9.17) is 23.2 Å². The molecule has 2 heterocycles. The maximum atomic E-state index is 13.2. The third-order valence-corrected chi connectivity index (χ3v) is 9.44. The quantitative estimate of drug-likeness (QED) is 0.516. The maximum absolute atomic E-state index is 13.2. The van der Waals surface area contributed by atoms with Crippen molar-refractivity contribution in [3.63, 3.8) is 0 Å². The molecule has 190 valence electrons. The van der Waals surface area contributed by atoms with E-state index in [0.717, 1.165) is 28.9 Å². The van der Waals surface area contributed by atoms with E-state index >= 15 is 0 Å². The van der Waals surface area contributed by atoms with Crippen molar-refractivity contribution in [3.05, 3.63) is 67.0 Å². The molecule has 1 N–H and O–H groups in total. The topological polar surface area (TPSA) is 73.8 Å². The van der Waals surface area contributed by atoms with E-state index in [1.807, 2.05) is 18.2 Å². The van der Waals surface area contributed by atoms with Crippen LogP contribution in [0.1, 0.15) is 44.1 Å². The summed E-state index contributed by atoms with van der Waals surface area (Å²) in [6.07, 6.45) is 11.4. The van der Waals surface area contributed by atoms with Gasteiger partial charge in [0.05, 0.1) is 16.4 Å². The first-order chi connectivity index (χ1) is 17.2. The highest BCUT2D eigenvalue weighted by Crippen LogP contribution is 2.55. The molecule has 36 heavy (non-hydrogen) atoms. The molecule has 9 heteroatoms. The predicted octanol–water partition coefficient (Wildman–Crippen LogP) is 4.38. The number of benzene rings is 1. The lowest BCUT2D eigenvalue weighted by molar-refractivity contribution is -0.0176. The van der Waals surface area contributed by atoms with Crippen LogP contribution in [-0.2, 0) is 20.6 Å². The zero-order chi connectivity index (χ0) is 25.2. The molecule has 1 aromatic carbocycles. The van der Waals surface area contributed by atoms with Gasteiger partial charge in [-0.2, -0.15) is 0 Å². The third kappa shape index (κ3) is 4.05. The van der Waals surface area contributed by atoms with Crippen LogP contribution in [0.5, 0.6) is 0 Å². The lowest BCUT2D eigenvalue weighted by atomic mass is 9.53. The highest BCUT2D eigenvalue weighted by atomic mass is 35.5. The fourth-order valence-corrected chi connectivity index (χ4v) is 7.65. The van der Waals surface area contributed by atoms with Gasteiger partial charge in [0.25, 0.3) is 5.56 Å². The highest BCUT2D eigenvalue weighted by molar-refractivity contribution is 6.42. The van der Waals surface area contributed by atoms with Gasteiger partial charge in [-0.3, -0.25) is 13.9 Å². The van der Waals surface area contributed by atoms with Gasteiger partial charge in [0.15, 0.2) is 11.2 Å². The van der Waals surface area contributed by atoms with E-state index < -0.39 is 0 Å².